The van der Waals surface area contributed by atoms with E-state index in [1.165, 1.54) is 0 Å². The van der Waals surface area contributed by atoms with Gasteiger partial charge in [-0.3, -0.25) is 9.88 Å². The lowest BCUT2D eigenvalue weighted by molar-refractivity contribution is 0.222. The summed E-state index contributed by atoms with van der Waals surface area (Å²) in [5, 5.41) is 0. The van der Waals surface area contributed by atoms with Crippen molar-refractivity contribution in [1.82, 2.24) is 19.8 Å². The van der Waals surface area contributed by atoms with Gasteiger partial charge in [-0.05, 0) is 27.9 Å². The number of carbonyl (C=O) groups excluding carboxylic acids is 1. The van der Waals surface area contributed by atoms with Crippen LogP contribution in [0.5, 0.6) is 0 Å². The highest BCUT2D eigenvalue weighted by molar-refractivity contribution is 5.91. The van der Waals surface area contributed by atoms with Gasteiger partial charge >= 0.3 is 6.03 Å². The SMILES string of the molecule is Cc1cnc(C)c(N(CCN(C)C)C(=O)N(C)C)n1. The van der Waals surface area contributed by atoms with E-state index in [0.29, 0.717) is 12.4 Å². The van der Waals surface area contributed by atoms with E-state index < -0.39 is 0 Å². The second-order valence-electron chi connectivity index (χ2n) is 5.05. The number of aromatic nitrogens is 2. The molecule has 0 saturated heterocycles. The summed E-state index contributed by atoms with van der Waals surface area (Å²) in [5.41, 5.74) is 1.57. The summed E-state index contributed by atoms with van der Waals surface area (Å²) in [4.78, 5) is 26.3. The Morgan fingerprint density at radius 3 is 2.32 bits per heavy atom. The fourth-order valence-corrected chi connectivity index (χ4v) is 1.61. The van der Waals surface area contributed by atoms with Gasteiger partial charge in [0.15, 0.2) is 5.82 Å². The maximum atomic E-state index is 12.3. The molecule has 1 heterocycles. The highest BCUT2D eigenvalue weighted by atomic mass is 16.2. The molecule has 0 atom stereocenters. The Hall–Kier alpha value is -1.69. The Kier molecular flexibility index (Phi) is 5.23. The normalized spacial score (nSPS) is 10.7. The number of aryl methyl sites for hydroxylation is 2. The molecule has 1 aromatic rings. The summed E-state index contributed by atoms with van der Waals surface area (Å²) >= 11 is 0. The Bertz CT molecular complexity index is 445. The van der Waals surface area contributed by atoms with E-state index in [-0.39, 0.29) is 6.03 Å². The molecule has 0 spiro atoms. The largest absolute Gasteiger partial charge is 0.330 e. The summed E-state index contributed by atoms with van der Waals surface area (Å²) in [5.74, 6) is 0.639. The minimum absolute atomic E-state index is 0.0788. The van der Waals surface area contributed by atoms with Crippen molar-refractivity contribution in [3.8, 4) is 0 Å². The average molecular weight is 265 g/mol. The van der Waals surface area contributed by atoms with Crippen molar-refractivity contribution >= 4 is 11.8 Å². The van der Waals surface area contributed by atoms with Gasteiger partial charge in [-0.25, -0.2) is 9.78 Å². The van der Waals surface area contributed by atoms with Gasteiger partial charge in [0.1, 0.15) is 0 Å². The van der Waals surface area contributed by atoms with Crippen molar-refractivity contribution in [3.05, 3.63) is 17.6 Å². The van der Waals surface area contributed by atoms with Crippen molar-refractivity contribution in [2.45, 2.75) is 13.8 Å². The van der Waals surface area contributed by atoms with E-state index in [1.54, 1.807) is 30.1 Å². The Balaban J connectivity index is 3.07. The predicted octanol–water partition coefficient (Wildman–Crippen LogP) is 1.14. The van der Waals surface area contributed by atoms with E-state index in [9.17, 15) is 4.79 Å². The zero-order valence-electron chi connectivity index (χ0n) is 12.6. The smallest absolute Gasteiger partial charge is 0.325 e. The maximum Gasteiger partial charge on any atom is 0.325 e. The summed E-state index contributed by atoms with van der Waals surface area (Å²) in [6.45, 7) is 5.10. The molecule has 1 rings (SSSR count). The number of hydrogen-bond donors (Lipinski definition) is 0. The molecule has 0 saturated carbocycles. The summed E-state index contributed by atoms with van der Waals surface area (Å²) in [6, 6.07) is -0.0788. The van der Waals surface area contributed by atoms with Crippen LogP contribution in [-0.2, 0) is 0 Å². The maximum absolute atomic E-state index is 12.3. The van der Waals surface area contributed by atoms with Gasteiger partial charge in [0.2, 0.25) is 0 Å². The highest BCUT2D eigenvalue weighted by Crippen LogP contribution is 2.16. The zero-order valence-corrected chi connectivity index (χ0v) is 12.6. The number of anilines is 1. The molecule has 2 amide bonds. The van der Waals surface area contributed by atoms with Crippen LogP contribution in [0, 0.1) is 13.8 Å². The van der Waals surface area contributed by atoms with E-state index in [4.69, 9.17) is 0 Å². The molecule has 0 aliphatic rings. The molecule has 6 nitrogen and oxygen atoms in total. The molecule has 106 valence electrons. The highest BCUT2D eigenvalue weighted by Gasteiger charge is 2.21. The predicted molar refractivity (Wildman–Crippen MR) is 76.5 cm³/mol. The molecular weight excluding hydrogens is 242 g/mol. The fraction of sp³-hybridized carbons (Fsp3) is 0.615. The van der Waals surface area contributed by atoms with Gasteiger partial charge in [0.25, 0.3) is 0 Å². The lowest BCUT2D eigenvalue weighted by atomic mass is 10.3. The molecule has 0 fully saturated rings. The van der Waals surface area contributed by atoms with Crippen LogP contribution in [0.3, 0.4) is 0 Å². The summed E-state index contributed by atoms with van der Waals surface area (Å²) in [7, 11) is 7.44. The molecule has 19 heavy (non-hydrogen) atoms. The minimum Gasteiger partial charge on any atom is -0.330 e. The second kappa shape index (κ2) is 6.47. The van der Waals surface area contributed by atoms with E-state index in [0.717, 1.165) is 17.9 Å². The molecule has 0 radical (unpaired) electrons. The molecule has 1 aromatic heterocycles. The van der Waals surface area contributed by atoms with Crippen molar-refractivity contribution in [3.63, 3.8) is 0 Å². The number of hydrogen-bond acceptors (Lipinski definition) is 4. The zero-order chi connectivity index (χ0) is 14.6. The summed E-state index contributed by atoms with van der Waals surface area (Å²) < 4.78 is 0. The Morgan fingerprint density at radius 2 is 1.79 bits per heavy atom. The first-order chi connectivity index (χ1) is 8.82. The van der Waals surface area contributed by atoms with E-state index in [1.807, 2.05) is 32.8 Å². The van der Waals surface area contributed by atoms with Crippen LogP contribution in [0.1, 0.15) is 11.4 Å². The molecule has 0 aromatic carbocycles. The van der Waals surface area contributed by atoms with Crippen LogP contribution in [-0.4, -0.2) is 67.1 Å². The number of urea groups is 1. The first kappa shape index (κ1) is 15.4. The number of likely N-dealkylation sites (N-methyl/N-ethyl adjacent to an activating group) is 1. The van der Waals surface area contributed by atoms with Crippen LogP contribution >= 0.6 is 0 Å². The van der Waals surface area contributed by atoms with Crippen LogP contribution in [0.4, 0.5) is 10.6 Å². The van der Waals surface area contributed by atoms with E-state index >= 15 is 0 Å². The summed E-state index contributed by atoms with van der Waals surface area (Å²) in [6.07, 6.45) is 1.71. The lowest BCUT2D eigenvalue weighted by Gasteiger charge is -2.27. The molecule has 0 unspecified atom stereocenters. The third-order valence-electron chi connectivity index (χ3n) is 2.69. The number of carbonyl (C=O) groups is 1. The van der Waals surface area contributed by atoms with E-state index in [2.05, 4.69) is 9.97 Å². The molecule has 0 aliphatic carbocycles. The fourth-order valence-electron chi connectivity index (χ4n) is 1.61. The Labute approximate surface area is 115 Å². The van der Waals surface area contributed by atoms with Crippen molar-refractivity contribution in [2.24, 2.45) is 0 Å². The first-order valence-corrected chi connectivity index (χ1v) is 6.26. The van der Waals surface area contributed by atoms with Crippen LogP contribution in [0.2, 0.25) is 0 Å². The van der Waals surface area contributed by atoms with Crippen molar-refractivity contribution in [2.75, 3.05) is 46.2 Å². The number of nitrogens with zero attached hydrogens (tertiary/aromatic N) is 5. The van der Waals surface area contributed by atoms with Crippen molar-refractivity contribution < 1.29 is 4.79 Å². The Morgan fingerprint density at radius 1 is 1.16 bits per heavy atom. The molecule has 6 heteroatoms. The van der Waals surface area contributed by atoms with Crippen molar-refractivity contribution in [1.29, 1.82) is 0 Å². The van der Waals surface area contributed by atoms with Gasteiger partial charge in [0.05, 0.1) is 11.4 Å². The molecule has 0 aliphatic heterocycles. The number of rotatable bonds is 4. The molecular formula is C13H23N5O. The first-order valence-electron chi connectivity index (χ1n) is 6.26. The third-order valence-corrected chi connectivity index (χ3v) is 2.69. The number of amides is 2. The molecule has 0 bridgehead atoms. The topological polar surface area (TPSA) is 52.6 Å². The van der Waals surface area contributed by atoms with Crippen LogP contribution < -0.4 is 4.90 Å². The standard InChI is InChI=1S/C13H23N5O/c1-10-9-14-11(2)12(15-10)18(8-7-16(3)4)13(19)17(5)6/h9H,7-8H2,1-6H3. The van der Waals surface area contributed by atoms with Gasteiger partial charge in [-0.15, -0.1) is 0 Å². The quantitative estimate of drug-likeness (QED) is 0.819. The van der Waals surface area contributed by atoms with Gasteiger partial charge < -0.3 is 9.80 Å². The van der Waals surface area contributed by atoms with Crippen LogP contribution in [0.15, 0.2) is 6.20 Å². The average Bonchev–Trinajstić information content (AvgIpc) is 2.32. The lowest BCUT2D eigenvalue weighted by Crippen LogP contribution is -2.43. The van der Waals surface area contributed by atoms with Gasteiger partial charge in [-0.2, -0.15) is 0 Å². The third kappa shape index (κ3) is 4.17. The monoisotopic (exact) mass is 265 g/mol. The molecule has 0 N–H and O–H groups in total. The van der Waals surface area contributed by atoms with Crippen LogP contribution in [0.25, 0.3) is 0 Å². The van der Waals surface area contributed by atoms with Gasteiger partial charge in [-0.1, -0.05) is 0 Å². The minimum atomic E-state index is -0.0788. The second-order valence-corrected chi connectivity index (χ2v) is 5.05. The van der Waals surface area contributed by atoms with Gasteiger partial charge in [0, 0.05) is 33.4 Å².